The van der Waals surface area contributed by atoms with Gasteiger partial charge in [0.15, 0.2) is 0 Å². The van der Waals surface area contributed by atoms with Gasteiger partial charge in [-0.25, -0.2) is 4.79 Å². The summed E-state index contributed by atoms with van der Waals surface area (Å²) in [5.41, 5.74) is 4.76. The monoisotopic (exact) mass is 226 g/mol. The molecule has 1 aliphatic carbocycles. The summed E-state index contributed by atoms with van der Waals surface area (Å²) in [5, 5.41) is 11.0. The molecule has 1 aromatic rings. The van der Waals surface area contributed by atoms with Crippen molar-refractivity contribution in [2.45, 2.75) is 6.42 Å². The zero-order valence-electron chi connectivity index (χ0n) is 8.97. The van der Waals surface area contributed by atoms with E-state index in [9.17, 15) is 4.79 Å². The standard InChI is InChI=1S/C13H10N2O2/c16-13(17)14-8-5-6-10-9-3-1-2-4-11(9)15-12(10)7-8/h1-6,14H,7H2,(H,16,17). The number of rotatable bonds is 1. The topological polar surface area (TPSA) is 61.7 Å². The van der Waals surface area contributed by atoms with Crippen molar-refractivity contribution in [1.82, 2.24) is 5.32 Å². The van der Waals surface area contributed by atoms with Crippen molar-refractivity contribution in [3.05, 3.63) is 47.7 Å². The Balaban J connectivity index is 1.97. The number of allylic oxidation sites excluding steroid dienone is 4. The van der Waals surface area contributed by atoms with E-state index < -0.39 is 6.09 Å². The number of hydrogen-bond acceptors (Lipinski definition) is 2. The van der Waals surface area contributed by atoms with Crippen LogP contribution in [0.3, 0.4) is 0 Å². The predicted molar refractivity (Wildman–Crippen MR) is 65.4 cm³/mol. The van der Waals surface area contributed by atoms with Gasteiger partial charge in [0.2, 0.25) is 0 Å². The van der Waals surface area contributed by atoms with Gasteiger partial charge in [-0.1, -0.05) is 24.3 Å². The van der Waals surface area contributed by atoms with Gasteiger partial charge < -0.3 is 5.11 Å². The van der Waals surface area contributed by atoms with E-state index in [0.717, 1.165) is 22.5 Å². The molecule has 1 aromatic carbocycles. The molecule has 84 valence electrons. The van der Waals surface area contributed by atoms with E-state index >= 15 is 0 Å². The van der Waals surface area contributed by atoms with Crippen LogP contribution in [-0.4, -0.2) is 16.9 Å². The van der Waals surface area contributed by atoms with Gasteiger partial charge in [0, 0.05) is 23.3 Å². The Bertz CT molecular complexity index is 597. The fourth-order valence-electron chi connectivity index (χ4n) is 2.13. The minimum Gasteiger partial charge on any atom is -0.465 e. The highest BCUT2D eigenvalue weighted by molar-refractivity contribution is 6.30. The van der Waals surface area contributed by atoms with Gasteiger partial charge in [-0.15, -0.1) is 0 Å². The van der Waals surface area contributed by atoms with Crippen LogP contribution in [0.4, 0.5) is 10.5 Å². The molecule has 1 heterocycles. The normalized spacial score (nSPS) is 16.4. The number of benzene rings is 1. The quantitative estimate of drug-likeness (QED) is 0.773. The van der Waals surface area contributed by atoms with Gasteiger partial charge in [0.25, 0.3) is 0 Å². The second-order valence-corrected chi connectivity index (χ2v) is 3.95. The van der Waals surface area contributed by atoms with Crippen LogP contribution < -0.4 is 5.32 Å². The number of aliphatic imine (C=N–C) groups is 1. The number of carbonyl (C=O) groups is 1. The maximum atomic E-state index is 10.6. The molecule has 4 heteroatoms. The van der Waals surface area contributed by atoms with Crippen LogP contribution >= 0.6 is 0 Å². The molecule has 2 N–H and O–H groups in total. The van der Waals surface area contributed by atoms with Crippen LogP contribution in [0.1, 0.15) is 12.0 Å². The Labute approximate surface area is 98.0 Å². The molecule has 1 aliphatic heterocycles. The van der Waals surface area contributed by atoms with E-state index in [1.54, 1.807) is 6.08 Å². The van der Waals surface area contributed by atoms with E-state index in [4.69, 9.17) is 5.11 Å². The van der Waals surface area contributed by atoms with E-state index in [0.29, 0.717) is 12.1 Å². The van der Waals surface area contributed by atoms with Crippen molar-refractivity contribution in [3.8, 4) is 0 Å². The number of nitrogens with zero attached hydrogens (tertiary/aromatic N) is 1. The molecule has 0 aromatic heterocycles. The number of para-hydroxylation sites is 1. The summed E-state index contributed by atoms with van der Waals surface area (Å²) in [7, 11) is 0. The first kappa shape index (κ1) is 9.84. The lowest BCUT2D eigenvalue weighted by atomic mass is 9.96. The second-order valence-electron chi connectivity index (χ2n) is 3.95. The summed E-state index contributed by atoms with van der Waals surface area (Å²) >= 11 is 0. The fourth-order valence-corrected chi connectivity index (χ4v) is 2.13. The van der Waals surface area contributed by atoms with Crippen molar-refractivity contribution in [1.29, 1.82) is 0 Å². The minimum absolute atomic E-state index is 0.535. The summed E-state index contributed by atoms with van der Waals surface area (Å²) in [6.07, 6.45) is 3.21. The SMILES string of the molecule is O=C(O)NC1=CC=C2C(=Nc3ccccc32)C1. The first-order valence-electron chi connectivity index (χ1n) is 5.32. The Morgan fingerprint density at radius 1 is 1.29 bits per heavy atom. The van der Waals surface area contributed by atoms with Crippen LogP contribution in [0.15, 0.2) is 47.1 Å². The third-order valence-corrected chi connectivity index (χ3v) is 2.84. The first-order valence-corrected chi connectivity index (χ1v) is 5.32. The van der Waals surface area contributed by atoms with Crippen LogP contribution in [0.25, 0.3) is 5.57 Å². The molecular formula is C13H10N2O2. The van der Waals surface area contributed by atoms with Crippen molar-refractivity contribution >= 4 is 23.1 Å². The highest BCUT2D eigenvalue weighted by Gasteiger charge is 2.23. The Morgan fingerprint density at radius 2 is 2.12 bits per heavy atom. The molecule has 0 bridgehead atoms. The van der Waals surface area contributed by atoms with Crippen LogP contribution in [0, 0.1) is 0 Å². The largest absolute Gasteiger partial charge is 0.465 e. The maximum Gasteiger partial charge on any atom is 0.408 e. The highest BCUT2D eigenvalue weighted by Crippen LogP contribution is 2.37. The third kappa shape index (κ3) is 1.63. The zero-order valence-corrected chi connectivity index (χ0v) is 8.97. The number of carboxylic acid groups (broad SMARTS) is 1. The lowest BCUT2D eigenvalue weighted by Crippen LogP contribution is -2.23. The van der Waals surface area contributed by atoms with Gasteiger partial charge in [-0.3, -0.25) is 10.3 Å². The average Bonchev–Trinajstić information content (AvgIpc) is 2.65. The number of amides is 1. The predicted octanol–water partition coefficient (Wildman–Crippen LogP) is 2.71. The van der Waals surface area contributed by atoms with Crippen LogP contribution in [0.5, 0.6) is 0 Å². The van der Waals surface area contributed by atoms with Crippen LogP contribution in [-0.2, 0) is 0 Å². The van der Waals surface area contributed by atoms with Gasteiger partial charge in [-0.2, -0.15) is 0 Å². The highest BCUT2D eigenvalue weighted by atomic mass is 16.4. The van der Waals surface area contributed by atoms with E-state index in [2.05, 4.69) is 10.3 Å². The smallest absolute Gasteiger partial charge is 0.408 e. The summed E-state index contributed by atoms with van der Waals surface area (Å²) < 4.78 is 0. The Hall–Kier alpha value is -2.36. The van der Waals surface area contributed by atoms with Gasteiger partial charge in [-0.05, 0) is 12.1 Å². The molecule has 0 saturated carbocycles. The Kier molecular flexibility index (Phi) is 2.08. The molecule has 0 spiro atoms. The lowest BCUT2D eigenvalue weighted by molar-refractivity contribution is 0.197. The molecule has 4 nitrogen and oxygen atoms in total. The number of hydrogen-bond donors (Lipinski definition) is 2. The zero-order chi connectivity index (χ0) is 11.8. The molecule has 0 saturated heterocycles. The number of fused-ring (bicyclic) bond motifs is 3. The Morgan fingerprint density at radius 3 is 2.94 bits per heavy atom. The molecule has 2 aliphatic rings. The molecule has 0 unspecified atom stereocenters. The molecule has 0 fully saturated rings. The van der Waals surface area contributed by atoms with Crippen molar-refractivity contribution < 1.29 is 9.90 Å². The summed E-state index contributed by atoms with van der Waals surface area (Å²) in [6, 6.07) is 7.92. The van der Waals surface area contributed by atoms with Crippen LogP contribution in [0.2, 0.25) is 0 Å². The van der Waals surface area contributed by atoms with Crippen molar-refractivity contribution in [2.75, 3.05) is 0 Å². The summed E-state index contributed by atoms with van der Waals surface area (Å²) in [5.74, 6) is 0. The molecule has 17 heavy (non-hydrogen) atoms. The van der Waals surface area contributed by atoms with Gasteiger partial charge in [0.1, 0.15) is 0 Å². The van der Waals surface area contributed by atoms with Crippen molar-refractivity contribution in [2.24, 2.45) is 4.99 Å². The van der Waals surface area contributed by atoms with Gasteiger partial charge in [0.05, 0.1) is 11.4 Å². The minimum atomic E-state index is -1.04. The third-order valence-electron chi connectivity index (χ3n) is 2.84. The average molecular weight is 226 g/mol. The summed E-state index contributed by atoms with van der Waals surface area (Å²) in [6.45, 7) is 0. The molecule has 3 rings (SSSR count). The van der Waals surface area contributed by atoms with Crippen molar-refractivity contribution in [3.63, 3.8) is 0 Å². The second kappa shape index (κ2) is 3.59. The molecular weight excluding hydrogens is 216 g/mol. The fraction of sp³-hybridized carbons (Fsp3) is 0.0769. The molecule has 0 atom stereocenters. The van der Waals surface area contributed by atoms with Gasteiger partial charge >= 0.3 is 6.09 Å². The molecule has 0 radical (unpaired) electrons. The first-order chi connectivity index (χ1) is 8.24. The number of nitrogens with one attached hydrogen (secondary N) is 1. The lowest BCUT2D eigenvalue weighted by Gasteiger charge is -2.12. The maximum absolute atomic E-state index is 10.6. The summed E-state index contributed by atoms with van der Waals surface area (Å²) in [4.78, 5) is 15.1. The molecule has 1 amide bonds. The van der Waals surface area contributed by atoms with E-state index in [1.165, 1.54) is 0 Å². The van der Waals surface area contributed by atoms with E-state index in [-0.39, 0.29) is 0 Å². The van der Waals surface area contributed by atoms with E-state index in [1.807, 2.05) is 30.3 Å².